The van der Waals surface area contributed by atoms with Gasteiger partial charge in [-0.3, -0.25) is 0 Å². The highest BCUT2D eigenvalue weighted by Gasteiger charge is 2.22. The summed E-state index contributed by atoms with van der Waals surface area (Å²) < 4.78 is 37.6. The minimum Gasteiger partial charge on any atom is -0.488 e. The van der Waals surface area contributed by atoms with Gasteiger partial charge in [0.15, 0.2) is 11.6 Å². The zero-order valence-corrected chi connectivity index (χ0v) is 11.0. The van der Waals surface area contributed by atoms with Gasteiger partial charge in [-0.15, -0.1) is 0 Å². The largest absolute Gasteiger partial charge is 0.488 e. The highest BCUT2D eigenvalue weighted by atomic mass is 19.2. The third-order valence-corrected chi connectivity index (χ3v) is 3.42. The molecule has 2 N–H and O–H groups in total. The Kier molecular flexibility index (Phi) is 4.58. The second-order valence-electron chi connectivity index (χ2n) is 4.97. The number of halogens is 2. The van der Waals surface area contributed by atoms with E-state index in [4.69, 9.17) is 15.2 Å². The van der Waals surface area contributed by atoms with Crippen molar-refractivity contribution in [2.45, 2.75) is 32.3 Å². The van der Waals surface area contributed by atoms with Gasteiger partial charge in [0.2, 0.25) is 5.82 Å². The van der Waals surface area contributed by atoms with Crippen LogP contribution in [0.4, 0.5) is 14.5 Å². The summed E-state index contributed by atoms with van der Waals surface area (Å²) in [7, 11) is 0. The highest BCUT2D eigenvalue weighted by Crippen LogP contribution is 2.28. The van der Waals surface area contributed by atoms with Crippen LogP contribution < -0.4 is 10.5 Å². The lowest BCUT2D eigenvalue weighted by Crippen LogP contribution is -2.30. The van der Waals surface area contributed by atoms with Crippen molar-refractivity contribution in [1.29, 1.82) is 0 Å². The molecule has 1 unspecified atom stereocenters. The Morgan fingerprint density at radius 1 is 1.42 bits per heavy atom. The first-order valence-corrected chi connectivity index (χ1v) is 6.57. The summed E-state index contributed by atoms with van der Waals surface area (Å²) in [4.78, 5) is 0. The van der Waals surface area contributed by atoms with Crippen molar-refractivity contribution < 1.29 is 18.3 Å². The zero-order valence-electron chi connectivity index (χ0n) is 11.0. The molecule has 1 aliphatic heterocycles. The Morgan fingerprint density at radius 3 is 2.89 bits per heavy atom. The van der Waals surface area contributed by atoms with E-state index in [1.165, 1.54) is 6.07 Å². The number of nitrogens with two attached hydrogens (primary N) is 1. The molecule has 0 aromatic heterocycles. The summed E-state index contributed by atoms with van der Waals surface area (Å²) in [6.45, 7) is 2.99. The van der Waals surface area contributed by atoms with Crippen LogP contribution in [0, 0.1) is 17.6 Å². The molecule has 5 heteroatoms. The Hall–Kier alpha value is -1.36. The molecule has 0 spiro atoms. The van der Waals surface area contributed by atoms with Crippen LogP contribution in [0.5, 0.6) is 5.75 Å². The minimum atomic E-state index is -1.03. The molecule has 1 aromatic rings. The SMILES string of the molecule is CC(COc1c(N)ccc(F)c1F)[C@H]1CCCCO1. The number of hydrogen-bond acceptors (Lipinski definition) is 3. The zero-order chi connectivity index (χ0) is 13.8. The molecule has 106 valence electrons. The molecular weight excluding hydrogens is 252 g/mol. The Bertz CT molecular complexity index is 434. The maximum absolute atomic E-state index is 13.5. The summed E-state index contributed by atoms with van der Waals surface area (Å²) in [5.41, 5.74) is 5.70. The van der Waals surface area contributed by atoms with Gasteiger partial charge in [-0.1, -0.05) is 6.92 Å². The van der Waals surface area contributed by atoms with Gasteiger partial charge in [0, 0.05) is 12.5 Å². The summed E-state index contributed by atoms with van der Waals surface area (Å²) in [6, 6.07) is 2.29. The van der Waals surface area contributed by atoms with Gasteiger partial charge in [0.1, 0.15) is 0 Å². The molecule has 3 nitrogen and oxygen atoms in total. The van der Waals surface area contributed by atoms with E-state index in [0.717, 1.165) is 31.9 Å². The predicted molar refractivity (Wildman–Crippen MR) is 69.0 cm³/mol. The number of anilines is 1. The maximum atomic E-state index is 13.5. The van der Waals surface area contributed by atoms with Crippen LogP contribution in [0.3, 0.4) is 0 Å². The molecule has 2 rings (SSSR count). The lowest BCUT2D eigenvalue weighted by molar-refractivity contribution is -0.0273. The number of benzene rings is 1. The van der Waals surface area contributed by atoms with Crippen LogP contribution in [0.1, 0.15) is 26.2 Å². The number of ether oxygens (including phenoxy) is 2. The van der Waals surface area contributed by atoms with Crippen molar-refractivity contribution >= 4 is 5.69 Å². The fraction of sp³-hybridized carbons (Fsp3) is 0.571. The van der Waals surface area contributed by atoms with E-state index in [1.54, 1.807) is 0 Å². The average molecular weight is 271 g/mol. The van der Waals surface area contributed by atoms with E-state index in [0.29, 0.717) is 0 Å². The van der Waals surface area contributed by atoms with Gasteiger partial charge in [0.05, 0.1) is 18.4 Å². The van der Waals surface area contributed by atoms with Crippen molar-refractivity contribution in [3.05, 3.63) is 23.8 Å². The van der Waals surface area contributed by atoms with E-state index in [1.807, 2.05) is 6.92 Å². The van der Waals surface area contributed by atoms with Crippen LogP contribution in [-0.2, 0) is 4.74 Å². The quantitative estimate of drug-likeness (QED) is 0.856. The molecule has 0 aliphatic carbocycles. The molecule has 1 aliphatic rings. The van der Waals surface area contributed by atoms with Crippen molar-refractivity contribution in [2.24, 2.45) is 5.92 Å². The Labute approximate surface area is 111 Å². The second-order valence-corrected chi connectivity index (χ2v) is 4.97. The van der Waals surface area contributed by atoms with Crippen LogP contribution in [0.15, 0.2) is 12.1 Å². The summed E-state index contributed by atoms with van der Waals surface area (Å²) >= 11 is 0. The number of hydrogen-bond donors (Lipinski definition) is 1. The van der Waals surface area contributed by atoms with Crippen molar-refractivity contribution in [2.75, 3.05) is 18.9 Å². The number of nitrogen functional groups attached to an aromatic ring is 1. The van der Waals surface area contributed by atoms with Gasteiger partial charge >= 0.3 is 0 Å². The molecule has 1 saturated heterocycles. The third kappa shape index (κ3) is 3.35. The molecule has 19 heavy (non-hydrogen) atoms. The second kappa shape index (κ2) is 6.19. The minimum absolute atomic E-state index is 0.107. The van der Waals surface area contributed by atoms with Gasteiger partial charge in [-0.25, -0.2) is 4.39 Å². The number of rotatable bonds is 4. The van der Waals surface area contributed by atoms with E-state index in [2.05, 4.69) is 0 Å². The molecular formula is C14H19F2NO2. The summed E-state index contributed by atoms with van der Waals surface area (Å²) in [5.74, 6) is -2.08. The summed E-state index contributed by atoms with van der Waals surface area (Å²) in [5, 5.41) is 0. The van der Waals surface area contributed by atoms with Gasteiger partial charge in [-0.05, 0) is 31.4 Å². The molecule has 1 aromatic carbocycles. The molecule has 1 fully saturated rings. The molecule has 0 bridgehead atoms. The van der Waals surface area contributed by atoms with Gasteiger partial charge in [-0.2, -0.15) is 4.39 Å². The van der Waals surface area contributed by atoms with E-state index < -0.39 is 11.6 Å². The van der Waals surface area contributed by atoms with E-state index in [9.17, 15) is 8.78 Å². The third-order valence-electron chi connectivity index (χ3n) is 3.42. The van der Waals surface area contributed by atoms with Crippen molar-refractivity contribution in [3.63, 3.8) is 0 Å². The molecule has 1 heterocycles. The Balaban J connectivity index is 1.96. The first-order chi connectivity index (χ1) is 9.09. The molecule has 0 saturated carbocycles. The fourth-order valence-corrected chi connectivity index (χ4v) is 2.23. The van der Waals surface area contributed by atoms with Crippen LogP contribution in [-0.4, -0.2) is 19.3 Å². The first-order valence-electron chi connectivity index (χ1n) is 6.57. The molecule has 2 atom stereocenters. The van der Waals surface area contributed by atoms with Crippen molar-refractivity contribution in [1.82, 2.24) is 0 Å². The maximum Gasteiger partial charge on any atom is 0.202 e. The van der Waals surface area contributed by atoms with Crippen LogP contribution in [0.25, 0.3) is 0 Å². The first kappa shape index (κ1) is 14.1. The normalized spacial score (nSPS) is 21.1. The van der Waals surface area contributed by atoms with E-state index in [-0.39, 0.29) is 30.1 Å². The fourth-order valence-electron chi connectivity index (χ4n) is 2.23. The Morgan fingerprint density at radius 2 is 2.21 bits per heavy atom. The van der Waals surface area contributed by atoms with Crippen LogP contribution in [0.2, 0.25) is 0 Å². The average Bonchev–Trinajstić information content (AvgIpc) is 2.44. The van der Waals surface area contributed by atoms with Crippen LogP contribution >= 0.6 is 0 Å². The lowest BCUT2D eigenvalue weighted by atomic mass is 9.98. The monoisotopic (exact) mass is 271 g/mol. The topological polar surface area (TPSA) is 44.5 Å². The van der Waals surface area contributed by atoms with Crippen molar-refractivity contribution in [3.8, 4) is 5.75 Å². The predicted octanol–water partition coefficient (Wildman–Crippen LogP) is 3.13. The molecule has 0 amide bonds. The summed E-state index contributed by atoms with van der Waals surface area (Å²) in [6.07, 6.45) is 3.30. The lowest BCUT2D eigenvalue weighted by Gasteiger charge is -2.28. The van der Waals surface area contributed by atoms with Gasteiger partial charge in [0.25, 0.3) is 0 Å². The standard InChI is InChI=1S/C14H19F2NO2/c1-9(12-4-2-3-7-18-12)8-19-14-11(17)6-5-10(15)13(14)16/h5-6,9,12H,2-4,7-8,17H2,1H3/t9?,12-/m1/s1. The smallest absolute Gasteiger partial charge is 0.202 e. The molecule has 0 radical (unpaired) electrons. The van der Waals surface area contributed by atoms with Gasteiger partial charge < -0.3 is 15.2 Å². The highest BCUT2D eigenvalue weighted by molar-refractivity contribution is 5.53. The van der Waals surface area contributed by atoms with E-state index >= 15 is 0 Å².